The summed E-state index contributed by atoms with van der Waals surface area (Å²) >= 11 is 7.52. The molecular weight excluding hydrogens is 218 g/mol. The van der Waals surface area contributed by atoms with Crippen LogP contribution in [0.25, 0.3) is 5.82 Å². The molecule has 0 aliphatic carbocycles. The van der Waals surface area contributed by atoms with E-state index in [0.717, 1.165) is 5.03 Å². The molecule has 0 amide bonds. The van der Waals surface area contributed by atoms with Gasteiger partial charge < -0.3 is 0 Å². The molecule has 0 aromatic carbocycles. The second-order valence-electron chi connectivity index (χ2n) is 2.54. The van der Waals surface area contributed by atoms with Gasteiger partial charge in [-0.05, 0) is 18.4 Å². The van der Waals surface area contributed by atoms with Crippen LogP contribution in [0.3, 0.4) is 0 Å². The Labute approximate surface area is 91.1 Å². The van der Waals surface area contributed by atoms with Crippen molar-refractivity contribution in [2.75, 3.05) is 6.26 Å². The molecular formula is C9H7ClN3S. The Morgan fingerprint density at radius 1 is 1.57 bits per heavy atom. The Hall–Kier alpha value is -1.00. The first-order valence-electron chi connectivity index (χ1n) is 3.94. The van der Waals surface area contributed by atoms with Gasteiger partial charge >= 0.3 is 0 Å². The molecule has 0 saturated carbocycles. The van der Waals surface area contributed by atoms with Crippen molar-refractivity contribution < 1.29 is 0 Å². The van der Waals surface area contributed by atoms with Crippen LogP contribution in [0.1, 0.15) is 0 Å². The summed E-state index contributed by atoms with van der Waals surface area (Å²) in [6.45, 7) is 0. The third-order valence-electron chi connectivity index (χ3n) is 1.66. The standard InChI is InChI=1S/C9H7ClN3S/c1-14-8-4-6-13(12-8)9-7(10)3-2-5-11-9/h2-5H,1H3. The van der Waals surface area contributed by atoms with Gasteiger partial charge in [-0.2, -0.15) is 5.10 Å². The van der Waals surface area contributed by atoms with Crippen molar-refractivity contribution in [1.82, 2.24) is 14.8 Å². The maximum absolute atomic E-state index is 5.96. The summed E-state index contributed by atoms with van der Waals surface area (Å²) in [5.74, 6) is 0.606. The summed E-state index contributed by atoms with van der Waals surface area (Å²) in [6.07, 6.45) is 6.59. The molecule has 14 heavy (non-hydrogen) atoms. The van der Waals surface area contributed by atoms with Crippen LogP contribution in [-0.2, 0) is 0 Å². The molecule has 2 heterocycles. The van der Waals surface area contributed by atoms with Crippen LogP contribution >= 0.6 is 23.4 Å². The molecule has 2 rings (SSSR count). The zero-order chi connectivity index (χ0) is 9.97. The first-order valence-corrected chi connectivity index (χ1v) is 5.54. The topological polar surface area (TPSA) is 30.7 Å². The molecule has 2 aromatic rings. The number of aromatic nitrogens is 3. The molecule has 2 aromatic heterocycles. The molecule has 5 heteroatoms. The molecule has 0 saturated heterocycles. The Morgan fingerprint density at radius 3 is 3.07 bits per heavy atom. The smallest absolute Gasteiger partial charge is 0.172 e. The number of thioether (sulfide) groups is 1. The van der Waals surface area contributed by atoms with Gasteiger partial charge in [-0.3, -0.25) is 0 Å². The predicted molar refractivity (Wildman–Crippen MR) is 57.0 cm³/mol. The van der Waals surface area contributed by atoms with Crippen molar-refractivity contribution in [3.05, 3.63) is 35.6 Å². The highest BCUT2D eigenvalue weighted by molar-refractivity contribution is 7.98. The van der Waals surface area contributed by atoms with Gasteiger partial charge in [0.15, 0.2) is 5.82 Å². The zero-order valence-electron chi connectivity index (χ0n) is 7.44. The van der Waals surface area contributed by atoms with Gasteiger partial charge in [-0.1, -0.05) is 11.6 Å². The van der Waals surface area contributed by atoms with E-state index in [1.165, 1.54) is 0 Å². The molecule has 3 nitrogen and oxygen atoms in total. The second kappa shape index (κ2) is 4.02. The van der Waals surface area contributed by atoms with E-state index in [-0.39, 0.29) is 0 Å². The molecule has 0 aliphatic heterocycles. The van der Waals surface area contributed by atoms with Crippen molar-refractivity contribution in [3.63, 3.8) is 0 Å². The highest BCUT2D eigenvalue weighted by Gasteiger charge is 2.05. The van der Waals surface area contributed by atoms with Crippen LogP contribution in [0.4, 0.5) is 0 Å². The largest absolute Gasteiger partial charge is 0.236 e. The fourth-order valence-electron chi connectivity index (χ4n) is 1.01. The third-order valence-corrected chi connectivity index (χ3v) is 2.57. The number of hydrogen-bond acceptors (Lipinski definition) is 3. The molecule has 0 N–H and O–H groups in total. The van der Waals surface area contributed by atoms with E-state index < -0.39 is 0 Å². The van der Waals surface area contributed by atoms with Crippen LogP contribution < -0.4 is 0 Å². The molecule has 0 atom stereocenters. The number of pyridine rings is 1. The van der Waals surface area contributed by atoms with Crippen molar-refractivity contribution in [3.8, 4) is 5.82 Å². The average Bonchev–Trinajstić information content (AvgIpc) is 2.67. The first-order chi connectivity index (χ1) is 6.81. The van der Waals surface area contributed by atoms with Gasteiger partial charge in [0.05, 0.1) is 11.2 Å². The molecule has 0 aliphatic rings. The number of halogens is 1. The van der Waals surface area contributed by atoms with Gasteiger partial charge in [-0.15, -0.1) is 11.8 Å². The fourth-order valence-corrected chi connectivity index (χ4v) is 1.55. The Bertz CT molecular complexity index is 441. The van der Waals surface area contributed by atoms with Gasteiger partial charge in [0, 0.05) is 12.3 Å². The van der Waals surface area contributed by atoms with E-state index in [2.05, 4.69) is 16.3 Å². The maximum Gasteiger partial charge on any atom is 0.172 e. The summed E-state index contributed by atoms with van der Waals surface area (Å²) in [4.78, 5) is 4.12. The first kappa shape index (κ1) is 9.55. The maximum atomic E-state index is 5.96. The van der Waals surface area contributed by atoms with E-state index >= 15 is 0 Å². The minimum absolute atomic E-state index is 0.569. The molecule has 0 unspecified atom stereocenters. The summed E-state index contributed by atoms with van der Waals surface area (Å²) in [7, 11) is 0. The summed E-state index contributed by atoms with van der Waals surface area (Å²) < 4.78 is 1.55. The zero-order valence-corrected chi connectivity index (χ0v) is 9.01. The molecule has 0 spiro atoms. The van der Waals surface area contributed by atoms with Crippen molar-refractivity contribution >= 4 is 23.4 Å². The van der Waals surface area contributed by atoms with Gasteiger partial charge in [0.25, 0.3) is 0 Å². The summed E-state index contributed by atoms with van der Waals surface area (Å²) in [5.41, 5.74) is 0. The number of nitrogens with zero attached hydrogens (tertiary/aromatic N) is 3. The van der Waals surface area contributed by atoms with E-state index in [1.54, 1.807) is 40.8 Å². The van der Waals surface area contributed by atoms with Gasteiger partial charge in [-0.25, -0.2) is 9.67 Å². The van der Waals surface area contributed by atoms with Crippen LogP contribution in [0.2, 0.25) is 5.02 Å². The van der Waals surface area contributed by atoms with Crippen LogP contribution in [0.5, 0.6) is 0 Å². The number of hydrogen-bond donors (Lipinski definition) is 0. The normalized spacial score (nSPS) is 10.4. The van der Waals surface area contributed by atoms with E-state index in [4.69, 9.17) is 11.6 Å². The van der Waals surface area contributed by atoms with E-state index in [0.29, 0.717) is 10.8 Å². The van der Waals surface area contributed by atoms with E-state index in [9.17, 15) is 0 Å². The monoisotopic (exact) mass is 224 g/mol. The average molecular weight is 225 g/mol. The predicted octanol–water partition coefficient (Wildman–Crippen LogP) is 2.44. The molecule has 0 fully saturated rings. The quantitative estimate of drug-likeness (QED) is 0.735. The highest BCUT2D eigenvalue weighted by Crippen LogP contribution is 2.18. The summed E-state index contributed by atoms with van der Waals surface area (Å²) in [5, 5.41) is 5.70. The summed E-state index contributed by atoms with van der Waals surface area (Å²) in [6, 6.07) is 5.36. The van der Waals surface area contributed by atoms with Crippen LogP contribution in [0.15, 0.2) is 29.4 Å². The van der Waals surface area contributed by atoms with Gasteiger partial charge in [0.2, 0.25) is 0 Å². The lowest BCUT2D eigenvalue weighted by atomic mass is 10.4. The Kier molecular flexibility index (Phi) is 2.74. The molecule has 0 bridgehead atoms. The minimum Gasteiger partial charge on any atom is -0.236 e. The molecule has 1 radical (unpaired) electrons. The Morgan fingerprint density at radius 2 is 2.43 bits per heavy atom. The Balaban J connectivity index is 2.44. The second-order valence-corrected chi connectivity index (χ2v) is 3.77. The lowest BCUT2D eigenvalue weighted by Gasteiger charge is -2.00. The lowest BCUT2D eigenvalue weighted by Crippen LogP contribution is -1.98. The SMILES string of the molecule is CSc1c[c]n(-c2ncccc2Cl)n1. The molecule has 71 valence electrons. The van der Waals surface area contributed by atoms with Crippen LogP contribution in [0, 0.1) is 6.20 Å². The number of rotatable bonds is 2. The van der Waals surface area contributed by atoms with E-state index in [1.807, 2.05) is 6.26 Å². The van der Waals surface area contributed by atoms with Crippen molar-refractivity contribution in [2.45, 2.75) is 5.03 Å². The van der Waals surface area contributed by atoms with Crippen molar-refractivity contribution in [2.24, 2.45) is 0 Å². The van der Waals surface area contributed by atoms with Crippen LogP contribution in [-0.4, -0.2) is 21.0 Å². The lowest BCUT2D eigenvalue weighted by molar-refractivity contribution is 0.807. The van der Waals surface area contributed by atoms with Crippen molar-refractivity contribution in [1.29, 1.82) is 0 Å². The minimum atomic E-state index is 0.569. The highest BCUT2D eigenvalue weighted by atomic mass is 35.5. The third kappa shape index (κ3) is 1.76. The fraction of sp³-hybridized carbons (Fsp3) is 0.111. The van der Waals surface area contributed by atoms with Gasteiger partial charge in [0.1, 0.15) is 5.03 Å².